The second-order valence-electron chi connectivity index (χ2n) is 6.31. The lowest BCUT2D eigenvalue weighted by Crippen LogP contribution is -2.18. The zero-order chi connectivity index (χ0) is 22.3. The monoisotopic (exact) mass is 441 g/mol. The molecule has 0 spiro atoms. The molecule has 0 unspecified atom stereocenters. The highest BCUT2D eigenvalue weighted by atomic mass is 32.2. The van der Waals surface area contributed by atoms with Crippen molar-refractivity contribution in [1.29, 1.82) is 0 Å². The maximum atomic E-state index is 13.5. The van der Waals surface area contributed by atoms with Gasteiger partial charge in [0.2, 0.25) is 0 Å². The molecule has 3 aromatic carbocycles. The molecule has 9 heteroatoms. The van der Waals surface area contributed by atoms with Crippen LogP contribution >= 0.6 is 0 Å². The smallest absolute Gasteiger partial charge is 0.271 e. The molecule has 0 aromatic heterocycles. The van der Waals surface area contributed by atoms with Gasteiger partial charge in [0, 0.05) is 16.8 Å². The molecule has 0 saturated heterocycles. The van der Waals surface area contributed by atoms with Crippen molar-refractivity contribution in [2.24, 2.45) is 5.10 Å². The topological polar surface area (TPSA) is 96.9 Å². The van der Waals surface area contributed by atoms with Gasteiger partial charge in [-0.05, 0) is 61.5 Å². The molecule has 0 bridgehead atoms. The third kappa shape index (κ3) is 5.89. The van der Waals surface area contributed by atoms with Gasteiger partial charge in [0.15, 0.2) is 0 Å². The number of hydrazone groups is 1. The predicted octanol–water partition coefficient (Wildman–Crippen LogP) is 3.79. The van der Waals surface area contributed by atoms with Crippen LogP contribution in [0.25, 0.3) is 0 Å². The van der Waals surface area contributed by atoms with Crippen molar-refractivity contribution < 1.29 is 22.3 Å². The molecule has 3 aromatic rings. The van der Waals surface area contributed by atoms with E-state index >= 15 is 0 Å². The number of hydrogen-bond acceptors (Lipinski definition) is 5. The minimum atomic E-state index is -3.79. The first kappa shape index (κ1) is 22.0. The van der Waals surface area contributed by atoms with Crippen LogP contribution < -0.4 is 14.9 Å². The van der Waals surface area contributed by atoms with Crippen molar-refractivity contribution in [3.63, 3.8) is 0 Å². The van der Waals surface area contributed by atoms with E-state index in [-0.39, 0.29) is 16.0 Å². The number of ether oxygens (including phenoxy) is 1. The Labute approximate surface area is 179 Å². The lowest BCUT2D eigenvalue weighted by Gasteiger charge is -2.09. The molecule has 0 fully saturated rings. The highest BCUT2D eigenvalue weighted by Crippen LogP contribution is 2.19. The fraction of sp³-hybridized carbons (Fsp3) is 0.0909. The maximum absolute atomic E-state index is 13.5. The first-order chi connectivity index (χ1) is 14.9. The normalized spacial score (nSPS) is 11.3. The molecule has 0 aliphatic heterocycles. The molecule has 31 heavy (non-hydrogen) atoms. The molecule has 160 valence electrons. The maximum Gasteiger partial charge on any atom is 0.271 e. The van der Waals surface area contributed by atoms with Crippen LogP contribution in [-0.4, -0.2) is 27.1 Å². The van der Waals surface area contributed by atoms with Gasteiger partial charge in [-0.3, -0.25) is 9.52 Å². The van der Waals surface area contributed by atoms with Gasteiger partial charge in [0.25, 0.3) is 15.9 Å². The predicted molar refractivity (Wildman–Crippen MR) is 116 cm³/mol. The van der Waals surface area contributed by atoms with Gasteiger partial charge < -0.3 is 4.74 Å². The fourth-order valence-corrected chi connectivity index (χ4v) is 3.65. The van der Waals surface area contributed by atoms with Crippen LogP contribution in [0.4, 0.5) is 10.1 Å². The molecule has 0 atom stereocenters. The summed E-state index contributed by atoms with van der Waals surface area (Å²) in [4.78, 5) is 12.2. The van der Waals surface area contributed by atoms with Crippen LogP contribution in [0.1, 0.15) is 22.8 Å². The average Bonchev–Trinajstić information content (AvgIpc) is 2.76. The zero-order valence-corrected chi connectivity index (χ0v) is 17.4. The number of anilines is 1. The van der Waals surface area contributed by atoms with E-state index in [9.17, 15) is 17.6 Å². The average molecular weight is 441 g/mol. The Morgan fingerprint density at radius 3 is 2.35 bits per heavy atom. The Balaban J connectivity index is 1.62. The van der Waals surface area contributed by atoms with E-state index in [2.05, 4.69) is 15.2 Å². The molecule has 0 heterocycles. The van der Waals surface area contributed by atoms with Crippen LogP contribution in [0.15, 0.2) is 82.8 Å². The summed E-state index contributed by atoms with van der Waals surface area (Å²) in [5.74, 6) is -0.396. The zero-order valence-electron chi connectivity index (χ0n) is 16.6. The number of nitrogens with zero attached hydrogens (tertiary/aromatic N) is 1. The number of rotatable bonds is 8. The first-order valence-corrected chi connectivity index (χ1v) is 10.8. The van der Waals surface area contributed by atoms with Crippen molar-refractivity contribution >= 4 is 27.8 Å². The van der Waals surface area contributed by atoms with Crippen LogP contribution in [0.3, 0.4) is 0 Å². The molecule has 0 radical (unpaired) electrons. The summed E-state index contributed by atoms with van der Waals surface area (Å²) in [6.07, 6.45) is 1.20. The largest absolute Gasteiger partial charge is 0.494 e. The molecule has 0 aliphatic carbocycles. The van der Waals surface area contributed by atoms with Gasteiger partial charge in [-0.15, -0.1) is 0 Å². The van der Waals surface area contributed by atoms with Gasteiger partial charge in [-0.1, -0.05) is 18.2 Å². The van der Waals surface area contributed by atoms with Crippen LogP contribution in [0, 0.1) is 5.82 Å². The van der Waals surface area contributed by atoms with Crippen molar-refractivity contribution in [3.05, 3.63) is 89.7 Å². The molecule has 1 amide bonds. The van der Waals surface area contributed by atoms with Gasteiger partial charge in [0.05, 0.1) is 17.7 Å². The molecule has 0 saturated carbocycles. The number of benzene rings is 3. The summed E-state index contributed by atoms with van der Waals surface area (Å²) in [6, 6.07) is 17.9. The molecule has 0 aliphatic rings. The SMILES string of the molecule is CCOc1ccc(S(=O)(=O)Nc2ccc(C(=O)N/N=C/c3ccccc3F)cc2)cc1. The third-order valence-electron chi connectivity index (χ3n) is 4.12. The van der Waals surface area contributed by atoms with E-state index in [1.54, 1.807) is 24.3 Å². The highest BCUT2D eigenvalue weighted by Gasteiger charge is 2.14. The van der Waals surface area contributed by atoms with E-state index < -0.39 is 21.7 Å². The highest BCUT2D eigenvalue weighted by molar-refractivity contribution is 7.92. The van der Waals surface area contributed by atoms with E-state index in [0.29, 0.717) is 18.0 Å². The third-order valence-corrected chi connectivity index (χ3v) is 5.52. The number of hydrogen-bond donors (Lipinski definition) is 2. The lowest BCUT2D eigenvalue weighted by molar-refractivity contribution is 0.0955. The number of carbonyl (C=O) groups is 1. The quantitative estimate of drug-likeness (QED) is 0.411. The summed E-state index contributed by atoms with van der Waals surface area (Å²) in [6.45, 7) is 2.32. The molecular formula is C22H20FN3O4S. The van der Waals surface area contributed by atoms with Crippen molar-refractivity contribution in [1.82, 2.24) is 5.43 Å². The number of amides is 1. The van der Waals surface area contributed by atoms with E-state index in [1.807, 2.05) is 6.92 Å². The summed E-state index contributed by atoms with van der Waals surface area (Å²) in [7, 11) is -3.79. The second kappa shape index (κ2) is 9.86. The minimum Gasteiger partial charge on any atom is -0.494 e. The summed E-state index contributed by atoms with van der Waals surface area (Å²) in [5, 5.41) is 3.73. The Bertz CT molecular complexity index is 1180. The van der Waals surface area contributed by atoms with E-state index in [1.165, 1.54) is 54.7 Å². The summed E-state index contributed by atoms with van der Waals surface area (Å²) < 4.78 is 46.3. The van der Waals surface area contributed by atoms with E-state index in [0.717, 1.165) is 0 Å². The minimum absolute atomic E-state index is 0.0836. The Hall–Kier alpha value is -3.72. The van der Waals surface area contributed by atoms with Crippen molar-refractivity contribution in [2.45, 2.75) is 11.8 Å². The fourth-order valence-electron chi connectivity index (χ4n) is 2.59. The molecule has 7 nitrogen and oxygen atoms in total. The molecular weight excluding hydrogens is 421 g/mol. The number of nitrogens with one attached hydrogen (secondary N) is 2. The Morgan fingerprint density at radius 2 is 1.71 bits per heavy atom. The van der Waals surface area contributed by atoms with Crippen LogP contribution in [-0.2, 0) is 10.0 Å². The summed E-state index contributed by atoms with van der Waals surface area (Å²) >= 11 is 0. The summed E-state index contributed by atoms with van der Waals surface area (Å²) in [5.41, 5.74) is 3.09. The molecule has 3 rings (SSSR count). The van der Waals surface area contributed by atoms with Gasteiger partial charge >= 0.3 is 0 Å². The lowest BCUT2D eigenvalue weighted by atomic mass is 10.2. The van der Waals surface area contributed by atoms with Crippen molar-refractivity contribution in [3.8, 4) is 5.75 Å². The van der Waals surface area contributed by atoms with Gasteiger partial charge in [-0.2, -0.15) is 5.10 Å². The van der Waals surface area contributed by atoms with Crippen molar-refractivity contribution in [2.75, 3.05) is 11.3 Å². The number of sulfonamides is 1. The Morgan fingerprint density at radius 1 is 1.03 bits per heavy atom. The number of halogens is 1. The van der Waals surface area contributed by atoms with E-state index in [4.69, 9.17) is 4.74 Å². The van der Waals surface area contributed by atoms with Crippen LogP contribution in [0.5, 0.6) is 5.75 Å². The number of carbonyl (C=O) groups excluding carboxylic acids is 1. The van der Waals surface area contributed by atoms with Gasteiger partial charge in [0.1, 0.15) is 11.6 Å². The van der Waals surface area contributed by atoms with Gasteiger partial charge in [-0.25, -0.2) is 18.2 Å². The molecule has 2 N–H and O–H groups in total. The Kier molecular flexibility index (Phi) is 6.99. The first-order valence-electron chi connectivity index (χ1n) is 9.33. The standard InChI is InChI=1S/C22H20FN3O4S/c1-2-30-19-11-13-20(14-12-19)31(28,29)26-18-9-7-16(8-10-18)22(27)25-24-15-17-5-3-4-6-21(17)23/h3-15,26H,2H2,1H3,(H,25,27)/b24-15+. The second-order valence-corrected chi connectivity index (χ2v) is 7.99. The van der Waals surface area contributed by atoms with Crippen LogP contribution in [0.2, 0.25) is 0 Å².